The van der Waals surface area contributed by atoms with Gasteiger partial charge in [0.25, 0.3) is 0 Å². The summed E-state index contributed by atoms with van der Waals surface area (Å²) in [6.07, 6.45) is 1.07. The van der Waals surface area contributed by atoms with E-state index in [2.05, 4.69) is 74.5 Å². The Hall–Kier alpha value is -1.60. The molecule has 2 aromatic rings. The van der Waals surface area contributed by atoms with Crippen LogP contribution < -0.4 is 0 Å². The van der Waals surface area contributed by atoms with Gasteiger partial charge in [-0.25, -0.2) is 0 Å². The number of aliphatic hydroxyl groups is 1. The summed E-state index contributed by atoms with van der Waals surface area (Å²) in [5, 5.41) is 10.1. The van der Waals surface area contributed by atoms with Gasteiger partial charge < -0.3 is 5.11 Å². The Kier molecular flexibility index (Phi) is 3.18. The van der Waals surface area contributed by atoms with Gasteiger partial charge in [0.1, 0.15) is 0 Å². The molecule has 0 amide bonds. The smallest absolute Gasteiger partial charge is 0.0501 e. The molecule has 104 valence electrons. The Balaban J connectivity index is 2.11. The molecule has 0 saturated heterocycles. The quantitative estimate of drug-likeness (QED) is 0.878. The predicted octanol–water partition coefficient (Wildman–Crippen LogP) is 4.23. The molecule has 0 radical (unpaired) electrons. The first-order valence-electron chi connectivity index (χ1n) is 7.31. The second kappa shape index (κ2) is 4.75. The maximum atomic E-state index is 10.1. The van der Waals surface area contributed by atoms with Gasteiger partial charge in [-0.15, -0.1) is 0 Å². The van der Waals surface area contributed by atoms with Gasteiger partial charge in [0, 0.05) is 11.3 Å². The van der Waals surface area contributed by atoms with E-state index in [0.29, 0.717) is 0 Å². The van der Waals surface area contributed by atoms with E-state index in [4.69, 9.17) is 0 Å². The van der Waals surface area contributed by atoms with Gasteiger partial charge in [0.2, 0.25) is 0 Å². The SMILES string of the molecule is CC1(C)CC1(CO)C(c1ccccc1)c1ccccc1. The first-order chi connectivity index (χ1) is 9.61. The zero-order valence-corrected chi connectivity index (χ0v) is 12.2. The average molecular weight is 266 g/mol. The molecule has 0 aromatic heterocycles. The van der Waals surface area contributed by atoms with Crippen molar-refractivity contribution in [2.24, 2.45) is 10.8 Å². The van der Waals surface area contributed by atoms with Crippen molar-refractivity contribution in [2.45, 2.75) is 26.2 Å². The summed E-state index contributed by atoms with van der Waals surface area (Å²) in [6.45, 7) is 4.78. The normalized spacial score (nSPS) is 23.8. The van der Waals surface area contributed by atoms with E-state index in [0.717, 1.165) is 6.42 Å². The van der Waals surface area contributed by atoms with Gasteiger partial charge in [-0.1, -0.05) is 74.5 Å². The summed E-state index contributed by atoms with van der Waals surface area (Å²) in [5.41, 5.74) is 2.77. The third kappa shape index (κ3) is 1.97. The van der Waals surface area contributed by atoms with Gasteiger partial charge in [-0.3, -0.25) is 0 Å². The van der Waals surface area contributed by atoms with E-state index >= 15 is 0 Å². The van der Waals surface area contributed by atoms with Crippen LogP contribution in [0.1, 0.15) is 37.3 Å². The van der Waals surface area contributed by atoms with Crippen LogP contribution in [0.15, 0.2) is 60.7 Å². The van der Waals surface area contributed by atoms with Crippen molar-refractivity contribution in [1.29, 1.82) is 0 Å². The maximum Gasteiger partial charge on any atom is 0.0501 e. The lowest BCUT2D eigenvalue weighted by Crippen LogP contribution is -2.24. The fourth-order valence-electron chi connectivity index (χ4n) is 3.72. The molecule has 1 unspecified atom stereocenters. The molecule has 2 aromatic carbocycles. The van der Waals surface area contributed by atoms with Crippen LogP contribution >= 0.6 is 0 Å². The zero-order valence-electron chi connectivity index (χ0n) is 12.2. The fraction of sp³-hybridized carbons (Fsp3) is 0.368. The highest BCUT2D eigenvalue weighted by Crippen LogP contribution is 2.70. The van der Waals surface area contributed by atoms with E-state index < -0.39 is 0 Å². The first kappa shape index (κ1) is 13.4. The zero-order chi connectivity index (χ0) is 14.2. The summed E-state index contributed by atoms with van der Waals surface area (Å²) in [5.74, 6) is 0.268. The molecule has 0 heterocycles. The molecule has 1 aliphatic rings. The van der Waals surface area contributed by atoms with Crippen LogP contribution in [0.4, 0.5) is 0 Å². The van der Waals surface area contributed by atoms with Gasteiger partial charge in [0.15, 0.2) is 0 Å². The second-order valence-corrected chi connectivity index (χ2v) is 6.63. The average Bonchev–Trinajstić information content (AvgIpc) is 3.04. The third-order valence-corrected chi connectivity index (χ3v) is 5.08. The summed E-state index contributed by atoms with van der Waals surface area (Å²) in [4.78, 5) is 0. The van der Waals surface area contributed by atoms with Crippen molar-refractivity contribution in [2.75, 3.05) is 6.61 Å². The van der Waals surface area contributed by atoms with Gasteiger partial charge in [-0.2, -0.15) is 0 Å². The minimum absolute atomic E-state index is 0.0320. The predicted molar refractivity (Wildman–Crippen MR) is 82.6 cm³/mol. The lowest BCUT2D eigenvalue weighted by atomic mass is 9.75. The third-order valence-electron chi connectivity index (χ3n) is 5.08. The van der Waals surface area contributed by atoms with Crippen molar-refractivity contribution in [3.63, 3.8) is 0 Å². The number of benzene rings is 2. The summed E-state index contributed by atoms with van der Waals surface area (Å²) < 4.78 is 0. The number of hydrogen-bond acceptors (Lipinski definition) is 1. The van der Waals surface area contributed by atoms with E-state index in [1.54, 1.807) is 0 Å². The molecule has 20 heavy (non-hydrogen) atoms. The van der Waals surface area contributed by atoms with E-state index in [9.17, 15) is 5.11 Å². The molecule has 1 aliphatic carbocycles. The molecule has 0 bridgehead atoms. The van der Waals surface area contributed by atoms with Crippen LogP contribution in [0, 0.1) is 10.8 Å². The molecule has 0 spiro atoms. The molecule has 1 atom stereocenters. The lowest BCUT2D eigenvalue weighted by molar-refractivity contribution is 0.165. The van der Waals surface area contributed by atoms with Crippen LogP contribution in [0.3, 0.4) is 0 Å². The summed E-state index contributed by atoms with van der Waals surface area (Å²) >= 11 is 0. The van der Waals surface area contributed by atoms with Crippen molar-refractivity contribution in [3.8, 4) is 0 Å². The first-order valence-corrected chi connectivity index (χ1v) is 7.31. The van der Waals surface area contributed by atoms with Crippen LogP contribution in [0.25, 0.3) is 0 Å². The molecular formula is C19H22O. The highest BCUT2D eigenvalue weighted by Gasteiger charge is 2.64. The Labute approximate surface area is 121 Å². The van der Waals surface area contributed by atoms with Crippen LogP contribution in [-0.4, -0.2) is 11.7 Å². The highest BCUT2D eigenvalue weighted by atomic mass is 16.3. The Bertz CT molecular complexity index is 534. The molecule has 1 nitrogen and oxygen atoms in total. The fourth-order valence-corrected chi connectivity index (χ4v) is 3.72. The van der Waals surface area contributed by atoms with Crippen LogP contribution in [-0.2, 0) is 0 Å². The maximum absolute atomic E-state index is 10.1. The second-order valence-electron chi connectivity index (χ2n) is 6.63. The monoisotopic (exact) mass is 266 g/mol. The van der Waals surface area contributed by atoms with Crippen molar-refractivity contribution < 1.29 is 5.11 Å². The molecule has 1 N–H and O–H groups in total. The van der Waals surface area contributed by atoms with Crippen LogP contribution in [0.5, 0.6) is 0 Å². The highest BCUT2D eigenvalue weighted by molar-refractivity contribution is 5.39. The Morgan fingerprint density at radius 2 is 1.30 bits per heavy atom. The number of rotatable bonds is 4. The number of aliphatic hydroxyl groups excluding tert-OH is 1. The van der Waals surface area contributed by atoms with E-state index in [-0.39, 0.29) is 23.4 Å². The number of hydrogen-bond donors (Lipinski definition) is 1. The summed E-state index contributed by atoms with van der Waals surface area (Å²) in [6, 6.07) is 21.2. The van der Waals surface area contributed by atoms with E-state index in [1.165, 1.54) is 11.1 Å². The standard InChI is InChI=1S/C19H22O/c1-18(2)13-19(18,14-20)17(15-9-5-3-6-10-15)16-11-7-4-8-12-16/h3-12,17,20H,13-14H2,1-2H3. The van der Waals surface area contributed by atoms with E-state index in [1.807, 2.05) is 0 Å². The molecule has 0 aliphatic heterocycles. The Morgan fingerprint density at radius 1 is 0.900 bits per heavy atom. The van der Waals surface area contributed by atoms with Crippen molar-refractivity contribution >= 4 is 0 Å². The molecular weight excluding hydrogens is 244 g/mol. The molecule has 3 rings (SSSR count). The molecule has 1 heteroatoms. The molecule has 1 fully saturated rings. The van der Waals surface area contributed by atoms with Crippen LogP contribution in [0.2, 0.25) is 0 Å². The summed E-state index contributed by atoms with van der Waals surface area (Å²) in [7, 11) is 0. The van der Waals surface area contributed by atoms with Gasteiger partial charge in [-0.05, 0) is 23.0 Å². The Morgan fingerprint density at radius 3 is 1.60 bits per heavy atom. The molecule has 1 saturated carbocycles. The largest absolute Gasteiger partial charge is 0.396 e. The lowest BCUT2D eigenvalue weighted by Gasteiger charge is -2.30. The van der Waals surface area contributed by atoms with Gasteiger partial charge in [0.05, 0.1) is 6.61 Å². The van der Waals surface area contributed by atoms with Gasteiger partial charge >= 0.3 is 0 Å². The minimum atomic E-state index is -0.0320. The topological polar surface area (TPSA) is 20.2 Å². The minimum Gasteiger partial charge on any atom is -0.396 e. The van der Waals surface area contributed by atoms with Crippen molar-refractivity contribution in [1.82, 2.24) is 0 Å². The van der Waals surface area contributed by atoms with Crippen molar-refractivity contribution in [3.05, 3.63) is 71.8 Å².